The molecule has 0 saturated heterocycles. The third-order valence-electron chi connectivity index (χ3n) is 4.53. The van der Waals surface area contributed by atoms with Crippen molar-refractivity contribution in [3.05, 3.63) is 103 Å². The molecule has 0 heterocycles. The highest BCUT2D eigenvalue weighted by molar-refractivity contribution is 7.80. The van der Waals surface area contributed by atoms with E-state index < -0.39 is 7.92 Å². The van der Waals surface area contributed by atoms with Gasteiger partial charge in [-0.1, -0.05) is 105 Å². The van der Waals surface area contributed by atoms with E-state index >= 15 is 0 Å². The first-order valence-electron chi connectivity index (χ1n) is 9.44. The van der Waals surface area contributed by atoms with E-state index in [1.807, 2.05) is 74.5 Å². The first kappa shape index (κ1) is 20.0. The smallest absolute Gasteiger partial charge is 0.339 e. The molecule has 1 unspecified atom stereocenters. The molecule has 2 nitrogen and oxygen atoms in total. The van der Waals surface area contributed by atoms with Gasteiger partial charge in [0.05, 0.1) is 5.56 Å². The predicted octanol–water partition coefficient (Wildman–Crippen LogP) is 4.81. The van der Waals surface area contributed by atoms with Gasteiger partial charge in [0.15, 0.2) is 0 Å². The van der Waals surface area contributed by atoms with Crippen LogP contribution in [0.1, 0.15) is 24.2 Å². The molecule has 0 saturated carbocycles. The molecule has 0 bridgehead atoms. The summed E-state index contributed by atoms with van der Waals surface area (Å²) >= 11 is 0. The molecule has 1 atom stereocenters. The number of hydrogen-bond donors (Lipinski definition) is 0. The van der Waals surface area contributed by atoms with Crippen molar-refractivity contribution in [3.63, 3.8) is 0 Å². The number of rotatable bonds is 7. The molecule has 0 aliphatic rings. The van der Waals surface area contributed by atoms with Gasteiger partial charge in [-0.2, -0.15) is 0 Å². The topological polar surface area (TPSA) is 26.3 Å². The van der Waals surface area contributed by atoms with E-state index in [-0.39, 0.29) is 18.0 Å². The minimum atomic E-state index is -0.870. The van der Waals surface area contributed by atoms with E-state index in [0.717, 1.165) is 5.30 Å². The molecule has 3 rings (SSSR count). The van der Waals surface area contributed by atoms with E-state index in [1.54, 1.807) is 6.08 Å². The molecule has 28 heavy (non-hydrogen) atoms. The summed E-state index contributed by atoms with van der Waals surface area (Å²) in [4.78, 5) is 13.0. The zero-order chi connectivity index (χ0) is 19.9. The Balaban J connectivity index is 2.07. The van der Waals surface area contributed by atoms with Crippen LogP contribution >= 0.6 is 7.92 Å². The Labute approximate surface area is 168 Å². The summed E-state index contributed by atoms with van der Waals surface area (Å²) in [5.74, 6) is -0.119. The molecule has 0 aromatic heterocycles. The second-order valence-corrected chi connectivity index (χ2v) is 9.06. The summed E-state index contributed by atoms with van der Waals surface area (Å²) in [7, 11) is -0.870. The molecular formula is C25H25O2P. The van der Waals surface area contributed by atoms with Gasteiger partial charge in [0.25, 0.3) is 0 Å². The van der Waals surface area contributed by atoms with Crippen molar-refractivity contribution >= 4 is 29.8 Å². The molecule has 3 aromatic rings. The maximum Gasteiger partial charge on any atom is 0.339 e. The first-order valence-corrected chi connectivity index (χ1v) is 10.8. The van der Waals surface area contributed by atoms with Crippen LogP contribution in [-0.4, -0.2) is 12.1 Å². The van der Waals surface area contributed by atoms with E-state index in [1.165, 1.54) is 10.6 Å². The molecule has 0 aliphatic heterocycles. The van der Waals surface area contributed by atoms with Crippen molar-refractivity contribution in [2.75, 3.05) is 0 Å². The van der Waals surface area contributed by atoms with Gasteiger partial charge in [0, 0.05) is 0 Å². The van der Waals surface area contributed by atoms with Gasteiger partial charge in [0.1, 0.15) is 6.10 Å². The fraction of sp³-hybridized carbons (Fsp3) is 0.160. The summed E-state index contributed by atoms with van der Waals surface area (Å²) in [6.07, 6.45) is 1.39. The average Bonchev–Trinajstić information content (AvgIpc) is 2.74. The van der Waals surface area contributed by atoms with Gasteiger partial charge in [0.2, 0.25) is 0 Å². The van der Waals surface area contributed by atoms with Crippen LogP contribution in [0.3, 0.4) is 0 Å². The molecular weight excluding hydrogens is 363 g/mol. The molecule has 0 spiro atoms. The molecule has 0 amide bonds. The van der Waals surface area contributed by atoms with E-state index in [0.29, 0.717) is 5.56 Å². The Hall–Kier alpha value is -2.70. The van der Waals surface area contributed by atoms with Crippen molar-refractivity contribution in [1.82, 2.24) is 0 Å². The first-order chi connectivity index (χ1) is 13.6. The number of hydrogen-bond acceptors (Lipinski definition) is 2. The molecule has 0 N–H and O–H groups in total. The third kappa shape index (κ3) is 4.58. The zero-order valence-electron chi connectivity index (χ0n) is 16.3. The van der Waals surface area contributed by atoms with Gasteiger partial charge in [-0.3, -0.25) is 0 Å². The molecule has 3 heteroatoms. The lowest BCUT2D eigenvalue weighted by atomic mass is 10.1. The average molecular weight is 388 g/mol. The Morgan fingerprint density at radius 1 is 0.857 bits per heavy atom. The number of esters is 1. The zero-order valence-corrected chi connectivity index (χ0v) is 17.2. The summed E-state index contributed by atoms with van der Waals surface area (Å²) in [5.41, 5.74) is 0.619. The highest BCUT2D eigenvalue weighted by Gasteiger charge is 2.24. The molecule has 142 valence electrons. The van der Waals surface area contributed by atoms with Crippen LogP contribution in [-0.2, 0) is 4.74 Å². The van der Waals surface area contributed by atoms with Gasteiger partial charge in [-0.05, 0) is 35.8 Å². The second-order valence-electron chi connectivity index (χ2n) is 6.87. The molecule has 0 fully saturated rings. The lowest BCUT2D eigenvalue weighted by Crippen LogP contribution is -2.28. The Kier molecular flexibility index (Phi) is 6.79. The Morgan fingerprint density at radius 3 is 1.86 bits per heavy atom. The Bertz CT molecular complexity index is 880. The standard InChI is InChI=1S/C25H25O2P/c1-4-23(19(2)3)27-25(26)22-17-11-12-18-24(22)28(20-13-7-5-8-14-20)21-15-9-6-10-16-21/h4-19,23H,1H2,2-3H3. The lowest BCUT2D eigenvalue weighted by Gasteiger charge is -2.23. The van der Waals surface area contributed by atoms with Gasteiger partial charge >= 0.3 is 5.97 Å². The minimum absolute atomic E-state index is 0.179. The number of carbonyl (C=O) groups is 1. The van der Waals surface area contributed by atoms with Crippen LogP contribution < -0.4 is 15.9 Å². The third-order valence-corrected chi connectivity index (χ3v) is 7.03. The highest BCUT2D eigenvalue weighted by Crippen LogP contribution is 2.34. The molecule has 0 aliphatic carbocycles. The van der Waals surface area contributed by atoms with E-state index in [4.69, 9.17) is 4.74 Å². The predicted molar refractivity (Wildman–Crippen MR) is 119 cm³/mol. The lowest BCUT2D eigenvalue weighted by molar-refractivity contribution is 0.0311. The highest BCUT2D eigenvalue weighted by atomic mass is 31.1. The van der Waals surface area contributed by atoms with E-state index in [2.05, 4.69) is 30.8 Å². The second kappa shape index (κ2) is 9.48. The number of benzene rings is 3. The molecule has 0 radical (unpaired) electrons. The van der Waals surface area contributed by atoms with Crippen LogP contribution in [0.4, 0.5) is 0 Å². The summed E-state index contributed by atoms with van der Waals surface area (Å²) < 4.78 is 5.76. The van der Waals surface area contributed by atoms with Crippen molar-refractivity contribution in [2.45, 2.75) is 20.0 Å². The maximum absolute atomic E-state index is 13.0. The summed E-state index contributed by atoms with van der Waals surface area (Å²) in [6.45, 7) is 7.85. The van der Waals surface area contributed by atoms with Crippen LogP contribution in [0, 0.1) is 5.92 Å². The number of ether oxygens (including phenoxy) is 1. The van der Waals surface area contributed by atoms with Crippen molar-refractivity contribution < 1.29 is 9.53 Å². The van der Waals surface area contributed by atoms with Gasteiger partial charge < -0.3 is 4.74 Å². The number of carbonyl (C=O) groups excluding carboxylic acids is 1. The largest absolute Gasteiger partial charge is 0.454 e. The normalized spacial score (nSPS) is 12.0. The minimum Gasteiger partial charge on any atom is -0.454 e. The SMILES string of the molecule is C=CC(OC(=O)c1ccccc1P(c1ccccc1)c1ccccc1)C(C)C. The summed E-state index contributed by atoms with van der Waals surface area (Å²) in [6, 6.07) is 28.5. The maximum atomic E-state index is 13.0. The monoisotopic (exact) mass is 388 g/mol. The fourth-order valence-electron chi connectivity index (χ4n) is 3.07. The van der Waals surface area contributed by atoms with Gasteiger partial charge in [-0.15, -0.1) is 0 Å². The van der Waals surface area contributed by atoms with Crippen LogP contribution in [0.25, 0.3) is 0 Å². The van der Waals surface area contributed by atoms with Gasteiger partial charge in [-0.25, -0.2) is 4.79 Å². The van der Waals surface area contributed by atoms with Crippen LogP contribution in [0.2, 0.25) is 0 Å². The van der Waals surface area contributed by atoms with E-state index in [9.17, 15) is 4.79 Å². The molecule has 3 aromatic carbocycles. The van der Waals surface area contributed by atoms with Crippen LogP contribution in [0.15, 0.2) is 97.6 Å². The fourth-order valence-corrected chi connectivity index (χ4v) is 5.50. The summed E-state index contributed by atoms with van der Waals surface area (Å²) in [5, 5.41) is 3.41. The van der Waals surface area contributed by atoms with Crippen molar-refractivity contribution in [2.24, 2.45) is 5.92 Å². The van der Waals surface area contributed by atoms with Crippen LogP contribution in [0.5, 0.6) is 0 Å². The van der Waals surface area contributed by atoms with Crippen molar-refractivity contribution in [3.8, 4) is 0 Å². The quantitative estimate of drug-likeness (QED) is 0.330. The Morgan fingerprint density at radius 2 is 1.36 bits per heavy atom. The van der Waals surface area contributed by atoms with Crippen molar-refractivity contribution in [1.29, 1.82) is 0 Å².